The first-order valence-electron chi connectivity index (χ1n) is 6.50. The van der Waals surface area contributed by atoms with Crippen molar-refractivity contribution < 1.29 is 23.2 Å². The Kier molecular flexibility index (Phi) is 5.95. The van der Waals surface area contributed by atoms with Crippen LogP contribution in [0.3, 0.4) is 0 Å². The minimum Gasteiger partial charge on any atom is -0.396 e. The van der Waals surface area contributed by atoms with E-state index in [1.165, 1.54) is 0 Å². The highest BCUT2D eigenvalue weighted by molar-refractivity contribution is 5.63. The van der Waals surface area contributed by atoms with Crippen LogP contribution in [0.25, 0.3) is 0 Å². The van der Waals surface area contributed by atoms with E-state index in [9.17, 15) is 23.3 Å². The van der Waals surface area contributed by atoms with E-state index >= 15 is 0 Å². The van der Waals surface area contributed by atoms with E-state index in [1.807, 2.05) is 6.92 Å². The molecule has 1 aromatic rings. The van der Waals surface area contributed by atoms with Gasteiger partial charge in [-0.2, -0.15) is 13.2 Å². The van der Waals surface area contributed by atoms with E-state index in [0.29, 0.717) is 19.0 Å². The Morgan fingerprint density at radius 3 is 2.57 bits per heavy atom. The van der Waals surface area contributed by atoms with Crippen LogP contribution in [0, 0.1) is 16.0 Å². The third kappa shape index (κ3) is 4.89. The summed E-state index contributed by atoms with van der Waals surface area (Å²) in [7, 11) is 0. The third-order valence-electron chi connectivity index (χ3n) is 3.22. The molecule has 0 saturated carbocycles. The number of anilines is 1. The van der Waals surface area contributed by atoms with Gasteiger partial charge < -0.3 is 10.4 Å². The Labute approximate surface area is 119 Å². The van der Waals surface area contributed by atoms with Gasteiger partial charge in [-0.25, -0.2) is 0 Å². The molecule has 21 heavy (non-hydrogen) atoms. The molecule has 0 fully saturated rings. The quantitative estimate of drug-likeness (QED) is 0.598. The van der Waals surface area contributed by atoms with Crippen molar-refractivity contribution in [3.8, 4) is 0 Å². The monoisotopic (exact) mass is 306 g/mol. The predicted octanol–water partition coefficient (Wildman–Crippen LogP) is 3.43. The number of aliphatic hydroxyl groups is 1. The number of benzene rings is 1. The Morgan fingerprint density at radius 1 is 1.43 bits per heavy atom. The first-order valence-corrected chi connectivity index (χ1v) is 6.50. The van der Waals surface area contributed by atoms with Crippen LogP contribution >= 0.6 is 0 Å². The molecule has 0 radical (unpaired) electrons. The second-order valence-corrected chi connectivity index (χ2v) is 4.65. The summed E-state index contributed by atoms with van der Waals surface area (Å²) < 4.78 is 37.7. The predicted molar refractivity (Wildman–Crippen MR) is 72.1 cm³/mol. The highest BCUT2D eigenvalue weighted by Crippen LogP contribution is 2.35. The maximum absolute atomic E-state index is 12.6. The maximum atomic E-state index is 12.6. The minimum atomic E-state index is -4.62. The largest absolute Gasteiger partial charge is 0.416 e. The van der Waals surface area contributed by atoms with Crippen molar-refractivity contribution >= 4 is 11.4 Å². The van der Waals surface area contributed by atoms with E-state index in [-0.39, 0.29) is 18.2 Å². The smallest absolute Gasteiger partial charge is 0.396 e. The number of nitrogens with one attached hydrogen (secondary N) is 1. The van der Waals surface area contributed by atoms with Gasteiger partial charge >= 0.3 is 6.18 Å². The second-order valence-electron chi connectivity index (χ2n) is 4.65. The molecule has 118 valence electrons. The van der Waals surface area contributed by atoms with Crippen LogP contribution in [0.5, 0.6) is 0 Å². The molecule has 5 nitrogen and oxygen atoms in total. The summed E-state index contributed by atoms with van der Waals surface area (Å²) in [5, 5.41) is 22.6. The summed E-state index contributed by atoms with van der Waals surface area (Å²) in [6.07, 6.45) is -3.34. The number of rotatable bonds is 7. The molecule has 2 N–H and O–H groups in total. The lowest BCUT2D eigenvalue weighted by Gasteiger charge is -2.16. The normalized spacial score (nSPS) is 13.0. The number of aliphatic hydroxyl groups excluding tert-OH is 1. The summed E-state index contributed by atoms with van der Waals surface area (Å²) in [4.78, 5) is 10.1. The van der Waals surface area contributed by atoms with Crippen LogP contribution in [0.1, 0.15) is 25.3 Å². The molecule has 0 amide bonds. The van der Waals surface area contributed by atoms with Crippen molar-refractivity contribution in [3.05, 3.63) is 33.9 Å². The summed E-state index contributed by atoms with van der Waals surface area (Å²) in [5.41, 5.74) is -1.62. The van der Waals surface area contributed by atoms with Crippen molar-refractivity contribution in [2.45, 2.75) is 25.9 Å². The van der Waals surface area contributed by atoms with Crippen molar-refractivity contribution in [1.82, 2.24) is 0 Å². The van der Waals surface area contributed by atoms with Gasteiger partial charge in [0.15, 0.2) is 0 Å². The van der Waals surface area contributed by atoms with Crippen molar-refractivity contribution in [3.63, 3.8) is 0 Å². The topological polar surface area (TPSA) is 75.4 Å². The van der Waals surface area contributed by atoms with Gasteiger partial charge in [0.1, 0.15) is 5.69 Å². The first-order chi connectivity index (χ1) is 9.79. The van der Waals surface area contributed by atoms with Gasteiger partial charge in [0, 0.05) is 19.2 Å². The Balaban J connectivity index is 2.94. The van der Waals surface area contributed by atoms with Gasteiger partial charge in [-0.1, -0.05) is 13.3 Å². The summed E-state index contributed by atoms with van der Waals surface area (Å²) >= 11 is 0. The molecule has 0 aromatic heterocycles. The van der Waals surface area contributed by atoms with Crippen LogP contribution in [0.2, 0.25) is 0 Å². The maximum Gasteiger partial charge on any atom is 0.416 e. The summed E-state index contributed by atoms with van der Waals surface area (Å²) in [6, 6.07) is 2.39. The fraction of sp³-hybridized carbons (Fsp3) is 0.538. The van der Waals surface area contributed by atoms with Gasteiger partial charge in [0.05, 0.1) is 10.5 Å². The van der Waals surface area contributed by atoms with E-state index in [1.54, 1.807) is 0 Å². The van der Waals surface area contributed by atoms with Crippen LogP contribution in [-0.4, -0.2) is 23.2 Å². The molecular weight excluding hydrogens is 289 g/mol. The van der Waals surface area contributed by atoms with Gasteiger partial charge in [0.25, 0.3) is 5.69 Å². The van der Waals surface area contributed by atoms with Crippen LogP contribution in [-0.2, 0) is 6.18 Å². The standard InChI is InChI=1S/C13H17F3N2O3/c1-2-9(5-6-19)8-17-11-4-3-10(13(14,15)16)7-12(11)18(20)21/h3-4,7,9,17,19H,2,5-6,8H2,1H3. The first kappa shape index (κ1) is 17.2. The van der Waals surface area contributed by atoms with Crippen molar-refractivity contribution in [2.24, 2.45) is 5.92 Å². The van der Waals surface area contributed by atoms with Gasteiger partial charge in [-0.3, -0.25) is 10.1 Å². The number of hydrogen-bond acceptors (Lipinski definition) is 4. The average molecular weight is 306 g/mol. The highest BCUT2D eigenvalue weighted by atomic mass is 19.4. The van der Waals surface area contributed by atoms with Gasteiger partial charge in [0.2, 0.25) is 0 Å². The van der Waals surface area contributed by atoms with Crippen LogP contribution < -0.4 is 5.32 Å². The fourth-order valence-electron chi connectivity index (χ4n) is 1.90. The number of nitro groups is 1. The molecule has 0 heterocycles. The van der Waals surface area contributed by atoms with Gasteiger partial charge in [-0.15, -0.1) is 0 Å². The zero-order chi connectivity index (χ0) is 16.0. The molecule has 0 aliphatic heterocycles. The highest BCUT2D eigenvalue weighted by Gasteiger charge is 2.33. The number of nitro benzene ring substituents is 1. The van der Waals surface area contributed by atoms with E-state index in [0.717, 1.165) is 18.6 Å². The van der Waals surface area contributed by atoms with Crippen LogP contribution in [0.4, 0.5) is 24.5 Å². The molecule has 1 aromatic carbocycles. The fourth-order valence-corrected chi connectivity index (χ4v) is 1.90. The van der Waals surface area contributed by atoms with Crippen molar-refractivity contribution in [1.29, 1.82) is 0 Å². The molecule has 0 aliphatic carbocycles. The molecule has 1 atom stereocenters. The number of halogens is 3. The lowest BCUT2D eigenvalue weighted by molar-refractivity contribution is -0.384. The lowest BCUT2D eigenvalue weighted by Crippen LogP contribution is -2.16. The molecule has 1 unspecified atom stereocenters. The molecule has 8 heteroatoms. The van der Waals surface area contributed by atoms with E-state index in [4.69, 9.17) is 5.11 Å². The average Bonchev–Trinajstić information content (AvgIpc) is 2.42. The zero-order valence-corrected chi connectivity index (χ0v) is 11.5. The number of alkyl halides is 3. The number of hydrogen-bond donors (Lipinski definition) is 2. The number of nitrogens with zero attached hydrogens (tertiary/aromatic N) is 1. The Hall–Kier alpha value is -1.83. The Morgan fingerprint density at radius 2 is 2.10 bits per heavy atom. The molecule has 0 spiro atoms. The molecule has 1 rings (SSSR count). The molecular formula is C13H17F3N2O3. The van der Waals surface area contributed by atoms with E-state index in [2.05, 4.69) is 5.32 Å². The summed E-state index contributed by atoms with van der Waals surface area (Å²) in [6.45, 7) is 2.25. The Bertz CT molecular complexity index is 492. The minimum absolute atomic E-state index is 0.00467. The van der Waals surface area contributed by atoms with Gasteiger partial charge in [-0.05, 0) is 24.5 Å². The van der Waals surface area contributed by atoms with E-state index < -0.39 is 22.4 Å². The van der Waals surface area contributed by atoms with Crippen LogP contribution in [0.15, 0.2) is 18.2 Å². The second kappa shape index (κ2) is 7.26. The van der Waals surface area contributed by atoms with Crippen molar-refractivity contribution in [2.75, 3.05) is 18.5 Å². The molecule has 0 aliphatic rings. The molecule has 0 saturated heterocycles. The lowest BCUT2D eigenvalue weighted by atomic mass is 10.0. The third-order valence-corrected chi connectivity index (χ3v) is 3.22. The summed E-state index contributed by atoms with van der Waals surface area (Å²) in [5.74, 6) is 0.0943. The SMILES string of the molecule is CCC(CCO)CNc1ccc(C(F)(F)F)cc1[N+](=O)[O-]. The molecule has 0 bridgehead atoms. The zero-order valence-electron chi connectivity index (χ0n) is 11.5.